The van der Waals surface area contributed by atoms with E-state index in [0.717, 1.165) is 57.0 Å². The predicted octanol–water partition coefficient (Wildman–Crippen LogP) is 2.04. The Morgan fingerprint density at radius 3 is 2.88 bits per heavy atom. The summed E-state index contributed by atoms with van der Waals surface area (Å²) in [6, 6.07) is 7.78. The zero-order chi connectivity index (χ0) is 17.9. The molecule has 7 nitrogen and oxygen atoms in total. The normalized spacial score (nSPS) is 21.0. The molecule has 0 radical (unpaired) electrons. The van der Waals surface area contributed by atoms with E-state index in [0.29, 0.717) is 23.3 Å². The number of nitrogens with zero attached hydrogens (tertiary/aromatic N) is 3. The van der Waals surface area contributed by atoms with E-state index in [9.17, 15) is 4.79 Å². The summed E-state index contributed by atoms with van der Waals surface area (Å²) in [5.41, 5.74) is 1.80. The zero-order valence-electron chi connectivity index (χ0n) is 15.1. The van der Waals surface area contributed by atoms with Gasteiger partial charge in [-0.05, 0) is 50.0 Å². The second-order valence-electron chi connectivity index (χ2n) is 7.08. The third kappa shape index (κ3) is 3.64. The number of aromatic nitrogens is 3. The summed E-state index contributed by atoms with van der Waals surface area (Å²) >= 11 is 0. The van der Waals surface area contributed by atoms with Crippen LogP contribution in [0, 0.1) is 0 Å². The summed E-state index contributed by atoms with van der Waals surface area (Å²) < 4.78 is 7.11. The van der Waals surface area contributed by atoms with Crippen LogP contribution in [0.1, 0.15) is 52.8 Å². The number of carbonyl (C=O) groups is 1. The maximum Gasteiger partial charge on any atom is 0.258 e. The molecule has 2 saturated heterocycles. The van der Waals surface area contributed by atoms with Gasteiger partial charge < -0.3 is 10.1 Å². The molecule has 0 aliphatic carbocycles. The molecule has 1 unspecified atom stereocenters. The number of benzene rings is 1. The minimum absolute atomic E-state index is 0.155. The average molecular weight is 355 g/mol. The second-order valence-corrected chi connectivity index (χ2v) is 7.08. The Labute approximate surface area is 153 Å². The fourth-order valence-corrected chi connectivity index (χ4v) is 3.67. The summed E-state index contributed by atoms with van der Waals surface area (Å²) in [6.07, 6.45) is 3.07. The summed E-state index contributed by atoms with van der Waals surface area (Å²) in [5.74, 6) is 1.90. The Hall–Kier alpha value is -2.25. The molecule has 138 valence electrons. The van der Waals surface area contributed by atoms with E-state index < -0.39 is 0 Å². The van der Waals surface area contributed by atoms with E-state index in [-0.39, 0.29) is 5.91 Å². The van der Waals surface area contributed by atoms with Crippen molar-refractivity contribution in [3.63, 3.8) is 0 Å². The molecular formula is C19H25N5O2. The number of hydrogen-bond donors (Lipinski definition) is 2. The lowest BCUT2D eigenvalue weighted by atomic mass is 9.96. The van der Waals surface area contributed by atoms with Gasteiger partial charge in [0.25, 0.3) is 5.91 Å². The second kappa shape index (κ2) is 7.55. The van der Waals surface area contributed by atoms with Crippen LogP contribution in [0.5, 0.6) is 0 Å². The lowest BCUT2D eigenvalue weighted by molar-refractivity contribution is 0.102. The number of hydrogen-bond acceptors (Lipinski definition) is 5. The molecule has 2 aliphatic rings. The van der Waals surface area contributed by atoms with E-state index in [1.807, 2.05) is 25.2 Å². The number of piperidine rings is 1. The van der Waals surface area contributed by atoms with Gasteiger partial charge in [-0.1, -0.05) is 12.1 Å². The van der Waals surface area contributed by atoms with Crippen LogP contribution in [0.4, 0.5) is 5.95 Å². The van der Waals surface area contributed by atoms with Crippen molar-refractivity contribution in [1.29, 1.82) is 0 Å². The molecule has 0 spiro atoms. The van der Waals surface area contributed by atoms with Crippen LogP contribution >= 0.6 is 0 Å². The van der Waals surface area contributed by atoms with Gasteiger partial charge in [-0.2, -0.15) is 10.1 Å². The van der Waals surface area contributed by atoms with Crippen molar-refractivity contribution in [2.45, 2.75) is 31.1 Å². The first-order chi connectivity index (χ1) is 12.7. The highest BCUT2D eigenvalue weighted by molar-refractivity contribution is 6.03. The van der Waals surface area contributed by atoms with Crippen LogP contribution in [0.3, 0.4) is 0 Å². The quantitative estimate of drug-likeness (QED) is 0.877. The molecule has 0 saturated carbocycles. The number of rotatable bonds is 4. The number of nitrogens with one attached hydrogen (secondary N) is 2. The van der Waals surface area contributed by atoms with Gasteiger partial charge in [-0.3, -0.25) is 10.1 Å². The smallest absolute Gasteiger partial charge is 0.258 e. The first-order valence-electron chi connectivity index (χ1n) is 9.31. The lowest BCUT2D eigenvalue weighted by Gasteiger charge is -2.19. The Balaban J connectivity index is 1.48. The highest BCUT2D eigenvalue weighted by Crippen LogP contribution is 2.26. The number of carbonyl (C=O) groups excluding carboxylic acids is 1. The first kappa shape index (κ1) is 17.2. The zero-order valence-corrected chi connectivity index (χ0v) is 15.1. The Kier molecular flexibility index (Phi) is 4.99. The van der Waals surface area contributed by atoms with Crippen LogP contribution in [0.25, 0.3) is 0 Å². The molecule has 1 atom stereocenters. The van der Waals surface area contributed by atoms with Crippen LogP contribution < -0.4 is 10.6 Å². The minimum atomic E-state index is -0.155. The van der Waals surface area contributed by atoms with Crippen LogP contribution in [0.2, 0.25) is 0 Å². The van der Waals surface area contributed by atoms with Gasteiger partial charge in [-0.25, -0.2) is 4.68 Å². The van der Waals surface area contributed by atoms with Crippen molar-refractivity contribution in [3.05, 3.63) is 41.2 Å². The number of amides is 1. The maximum atomic E-state index is 12.7. The van der Waals surface area contributed by atoms with Gasteiger partial charge >= 0.3 is 0 Å². The standard InChI is InChI=1S/C19H25N5O2/c1-24-19(21-17(23-24)13-5-8-20-9-6-13)22-18(25)15-4-2-3-14(11-15)16-7-10-26-12-16/h2-4,11,13,16,20H,5-10,12H2,1H3,(H,21,22,23,25). The molecule has 0 bridgehead atoms. The summed E-state index contributed by atoms with van der Waals surface area (Å²) in [4.78, 5) is 17.3. The van der Waals surface area contributed by atoms with Crippen molar-refractivity contribution >= 4 is 11.9 Å². The molecule has 2 aliphatic heterocycles. The Morgan fingerprint density at radius 2 is 2.12 bits per heavy atom. The van der Waals surface area contributed by atoms with Crippen molar-refractivity contribution in [3.8, 4) is 0 Å². The van der Waals surface area contributed by atoms with Crippen molar-refractivity contribution in [2.75, 3.05) is 31.6 Å². The topological polar surface area (TPSA) is 81.1 Å². The molecule has 4 rings (SSSR count). The summed E-state index contributed by atoms with van der Waals surface area (Å²) in [7, 11) is 1.82. The first-order valence-corrected chi connectivity index (χ1v) is 9.31. The van der Waals surface area contributed by atoms with E-state index in [2.05, 4.69) is 26.8 Å². The third-order valence-electron chi connectivity index (χ3n) is 5.26. The minimum Gasteiger partial charge on any atom is -0.381 e. The fourth-order valence-electron chi connectivity index (χ4n) is 3.67. The fraction of sp³-hybridized carbons (Fsp3) is 0.526. The summed E-state index contributed by atoms with van der Waals surface area (Å²) in [5, 5.41) is 10.8. The molecule has 2 N–H and O–H groups in total. The van der Waals surface area contributed by atoms with E-state index in [4.69, 9.17) is 4.74 Å². The monoisotopic (exact) mass is 355 g/mol. The molecular weight excluding hydrogens is 330 g/mol. The Bertz CT molecular complexity index is 776. The molecule has 2 aromatic rings. The Morgan fingerprint density at radius 1 is 1.27 bits per heavy atom. The van der Waals surface area contributed by atoms with Gasteiger partial charge in [0, 0.05) is 31.1 Å². The number of ether oxygens (including phenoxy) is 1. The van der Waals surface area contributed by atoms with Gasteiger partial charge in [0.05, 0.1) is 6.61 Å². The van der Waals surface area contributed by atoms with E-state index in [1.54, 1.807) is 4.68 Å². The number of aryl methyl sites for hydroxylation is 1. The van der Waals surface area contributed by atoms with Crippen LogP contribution in [-0.2, 0) is 11.8 Å². The molecule has 7 heteroatoms. The molecule has 3 heterocycles. The predicted molar refractivity (Wildman–Crippen MR) is 98.4 cm³/mol. The van der Waals surface area contributed by atoms with Crippen molar-refractivity contribution in [1.82, 2.24) is 20.1 Å². The van der Waals surface area contributed by atoms with Gasteiger partial charge in [0.15, 0.2) is 5.82 Å². The molecule has 26 heavy (non-hydrogen) atoms. The van der Waals surface area contributed by atoms with Gasteiger partial charge in [-0.15, -0.1) is 0 Å². The lowest BCUT2D eigenvalue weighted by Crippen LogP contribution is -2.27. The highest BCUT2D eigenvalue weighted by atomic mass is 16.5. The van der Waals surface area contributed by atoms with Crippen LogP contribution in [-0.4, -0.2) is 47.0 Å². The largest absolute Gasteiger partial charge is 0.381 e. The van der Waals surface area contributed by atoms with Crippen molar-refractivity contribution in [2.24, 2.45) is 7.05 Å². The molecule has 1 aromatic carbocycles. The van der Waals surface area contributed by atoms with E-state index >= 15 is 0 Å². The molecule has 1 amide bonds. The van der Waals surface area contributed by atoms with E-state index in [1.165, 1.54) is 0 Å². The van der Waals surface area contributed by atoms with Crippen molar-refractivity contribution < 1.29 is 9.53 Å². The SMILES string of the molecule is Cn1nc(C2CCNCC2)nc1NC(=O)c1cccc(C2CCOC2)c1. The highest BCUT2D eigenvalue weighted by Gasteiger charge is 2.22. The average Bonchev–Trinajstić information content (AvgIpc) is 3.33. The maximum absolute atomic E-state index is 12.7. The van der Waals surface area contributed by atoms with Gasteiger partial charge in [0.2, 0.25) is 5.95 Å². The van der Waals surface area contributed by atoms with Crippen LogP contribution in [0.15, 0.2) is 24.3 Å². The third-order valence-corrected chi connectivity index (χ3v) is 5.26. The van der Waals surface area contributed by atoms with Gasteiger partial charge in [0.1, 0.15) is 0 Å². The summed E-state index contributed by atoms with van der Waals surface area (Å²) in [6.45, 7) is 3.50. The molecule has 1 aromatic heterocycles. The molecule has 2 fully saturated rings. The number of anilines is 1.